The van der Waals surface area contributed by atoms with E-state index in [9.17, 15) is 4.79 Å². The number of carbonyl (C=O) groups excluding carboxylic acids is 1. The minimum Gasteiger partial charge on any atom is -0.480 e. The molecule has 0 unspecified atom stereocenters. The Balaban J connectivity index is 1.53. The average Bonchev–Trinajstić information content (AvgIpc) is 3.03. The second kappa shape index (κ2) is 7.15. The molecule has 0 radical (unpaired) electrons. The maximum atomic E-state index is 13.0. The number of likely N-dealkylation sites (tertiary alicyclic amines) is 1. The van der Waals surface area contributed by atoms with Crippen LogP contribution in [0, 0.1) is 20.8 Å². The van der Waals surface area contributed by atoms with E-state index >= 15 is 0 Å². The van der Waals surface area contributed by atoms with Crippen LogP contribution in [0.3, 0.4) is 0 Å². The minimum absolute atomic E-state index is 0.0775. The van der Waals surface area contributed by atoms with Gasteiger partial charge in [-0.3, -0.25) is 9.89 Å². The lowest BCUT2D eigenvalue weighted by atomic mass is 9.90. The average molecular weight is 375 g/mol. The fraction of sp³-hybridized carbons (Fsp3) is 0.304. The highest BCUT2D eigenvalue weighted by Gasteiger charge is 2.32. The summed E-state index contributed by atoms with van der Waals surface area (Å²) in [5, 5.41) is 7.23. The van der Waals surface area contributed by atoms with Gasteiger partial charge >= 0.3 is 0 Å². The highest BCUT2D eigenvalue weighted by Crippen LogP contribution is 2.32. The van der Waals surface area contributed by atoms with Gasteiger partial charge in [0.05, 0.1) is 12.8 Å². The van der Waals surface area contributed by atoms with Gasteiger partial charge in [0.1, 0.15) is 0 Å². The number of benzene rings is 2. The molecular weight excluding hydrogens is 350 g/mol. The van der Waals surface area contributed by atoms with E-state index in [0.29, 0.717) is 17.4 Å². The number of rotatable bonds is 4. The van der Waals surface area contributed by atoms with Crippen molar-refractivity contribution in [1.82, 2.24) is 15.1 Å². The maximum Gasteiger partial charge on any atom is 0.253 e. The molecule has 1 aromatic heterocycles. The van der Waals surface area contributed by atoms with Gasteiger partial charge in [-0.05, 0) is 44.0 Å². The third kappa shape index (κ3) is 3.17. The summed E-state index contributed by atoms with van der Waals surface area (Å²) in [6.07, 6.45) is 0. The van der Waals surface area contributed by atoms with E-state index in [-0.39, 0.29) is 5.91 Å². The molecule has 2 aromatic carbocycles. The van der Waals surface area contributed by atoms with Crippen LogP contribution in [0.1, 0.15) is 38.5 Å². The monoisotopic (exact) mass is 375 g/mol. The Morgan fingerprint density at radius 1 is 1.11 bits per heavy atom. The van der Waals surface area contributed by atoms with Crippen molar-refractivity contribution in [2.24, 2.45) is 0 Å². The summed E-state index contributed by atoms with van der Waals surface area (Å²) in [4.78, 5) is 14.9. The van der Waals surface area contributed by atoms with Gasteiger partial charge in [-0.15, -0.1) is 5.10 Å². The Morgan fingerprint density at radius 3 is 2.46 bits per heavy atom. The summed E-state index contributed by atoms with van der Waals surface area (Å²) in [5.41, 5.74) is 7.18. The smallest absolute Gasteiger partial charge is 0.253 e. The Kier molecular flexibility index (Phi) is 4.67. The Hall–Kier alpha value is -3.08. The van der Waals surface area contributed by atoms with Crippen LogP contribution >= 0.6 is 0 Å². The number of ether oxygens (including phenoxy) is 1. The second-order valence-corrected chi connectivity index (χ2v) is 7.58. The Morgan fingerprint density at radius 2 is 1.82 bits per heavy atom. The number of aryl methyl sites for hydroxylation is 2. The first kappa shape index (κ1) is 18.3. The first-order valence-electron chi connectivity index (χ1n) is 9.53. The van der Waals surface area contributed by atoms with Crippen molar-refractivity contribution < 1.29 is 9.53 Å². The molecule has 1 amide bonds. The maximum absolute atomic E-state index is 13.0. The van der Waals surface area contributed by atoms with Crippen LogP contribution in [-0.4, -0.2) is 41.2 Å². The van der Waals surface area contributed by atoms with E-state index in [0.717, 1.165) is 35.5 Å². The molecule has 0 atom stereocenters. The molecule has 3 aromatic rings. The van der Waals surface area contributed by atoms with Crippen LogP contribution in [0.5, 0.6) is 5.88 Å². The topological polar surface area (TPSA) is 58.2 Å². The van der Waals surface area contributed by atoms with E-state index in [1.54, 1.807) is 7.11 Å². The normalized spacial score (nSPS) is 14.1. The number of hydrogen-bond acceptors (Lipinski definition) is 3. The molecule has 1 aliphatic heterocycles. The summed E-state index contributed by atoms with van der Waals surface area (Å²) in [7, 11) is 1.61. The van der Waals surface area contributed by atoms with Crippen LogP contribution < -0.4 is 4.74 Å². The van der Waals surface area contributed by atoms with E-state index in [2.05, 4.69) is 41.4 Å². The molecule has 1 aliphatic rings. The standard InChI is InChI=1S/C23H25N3O2/c1-14-5-8-17(9-6-14)19-12-26(13-19)23(27)18-10-7-15(2)20(11-18)21-16(3)22(28-4)25-24-21/h5-11,19H,12-13H2,1-4H3,(H,24,25). The lowest BCUT2D eigenvalue weighted by molar-refractivity contribution is 0.0602. The van der Waals surface area contributed by atoms with Crippen molar-refractivity contribution >= 4 is 5.91 Å². The fourth-order valence-electron chi connectivity index (χ4n) is 3.74. The zero-order valence-corrected chi connectivity index (χ0v) is 16.7. The number of nitrogens with one attached hydrogen (secondary N) is 1. The number of carbonyl (C=O) groups is 1. The third-order valence-electron chi connectivity index (χ3n) is 5.63. The molecule has 2 heterocycles. The third-order valence-corrected chi connectivity index (χ3v) is 5.63. The first-order valence-corrected chi connectivity index (χ1v) is 9.53. The summed E-state index contributed by atoms with van der Waals surface area (Å²) in [6, 6.07) is 14.5. The molecule has 5 heteroatoms. The molecule has 0 bridgehead atoms. The summed E-state index contributed by atoms with van der Waals surface area (Å²) < 4.78 is 5.27. The summed E-state index contributed by atoms with van der Waals surface area (Å²) in [6.45, 7) is 7.62. The molecule has 1 saturated heterocycles. The van der Waals surface area contributed by atoms with E-state index in [4.69, 9.17) is 4.74 Å². The molecule has 1 fully saturated rings. The molecule has 4 rings (SSSR count). The van der Waals surface area contributed by atoms with Crippen LogP contribution in [0.15, 0.2) is 42.5 Å². The van der Waals surface area contributed by atoms with Crippen molar-refractivity contribution in [3.8, 4) is 17.1 Å². The number of amides is 1. The number of aromatic nitrogens is 2. The van der Waals surface area contributed by atoms with E-state index in [1.165, 1.54) is 11.1 Å². The van der Waals surface area contributed by atoms with Gasteiger partial charge in [-0.2, -0.15) is 0 Å². The van der Waals surface area contributed by atoms with Crippen molar-refractivity contribution in [2.75, 3.05) is 20.2 Å². The van der Waals surface area contributed by atoms with E-state index in [1.807, 2.05) is 36.9 Å². The quantitative estimate of drug-likeness (QED) is 0.742. The van der Waals surface area contributed by atoms with Gasteiger partial charge in [-0.25, -0.2) is 0 Å². The molecule has 0 spiro atoms. The molecule has 28 heavy (non-hydrogen) atoms. The highest BCUT2D eigenvalue weighted by molar-refractivity contribution is 5.96. The zero-order valence-electron chi connectivity index (χ0n) is 16.7. The Labute approximate surface area is 165 Å². The first-order chi connectivity index (χ1) is 13.5. The SMILES string of the molecule is COc1n[nH]c(-c2cc(C(=O)N3CC(c4ccc(C)cc4)C3)ccc2C)c1C. The fourth-order valence-corrected chi connectivity index (χ4v) is 3.74. The van der Waals surface area contributed by atoms with Crippen LogP contribution in [-0.2, 0) is 0 Å². The van der Waals surface area contributed by atoms with Gasteiger partial charge in [0.15, 0.2) is 0 Å². The van der Waals surface area contributed by atoms with E-state index < -0.39 is 0 Å². The molecule has 0 saturated carbocycles. The number of aromatic amines is 1. The molecule has 144 valence electrons. The lowest BCUT2D eigenvalue weighted by Gasteiger charge is -2.39. The summed E-state index contributed by atoms with van der Waals surface area (Å²) >= 11 is 0. The number of nitrogens with zero attached hydrogens (tertiary/aromatic N) is 2. The molecule has 5 nitrogen and oxygen atoms in total. The Bertz CT molecular complexity index is 1010. The van der Waals surface area contributed by atoms with Gasteiger partial charge in [0, 0.05) is 35.7 Å². The van der Waals surface area contributed by atoms with Crippen molar-refractivity contribution in [3.63, 3.8) is 0 Å². The predicted molar refractivity (Wildman–Crippen MR) is 110 cm³/mol. The van der Waals surface area contributed by atoms with Crippen LogP contribution in [0.2, 0.25) is 0 Å². The zero-order chi connectivity index (χ0) is 19.8. The largest absolute Gasteiger partial charge is 0.480 e. The predicted octanol–water partition coefficient (Wildman–Crippen LogP) is 4.25. The minimum atomic E-state index is 0.0775. The highest BCUT2D eigenvalue weighted by atomic mass is 16.5. The lowest BCUT2D eigenvalue weighted by Crippen LogP contribution is -2.48. The number of H-pyrrole nitrogens is 1. The number of methoxy groups -OCH3 is 1. The van der Waals surface area contributed by atoms with Crippen LogP contribution in [0.4, 0.5) is 0 Å². The second-order valence-electron chi connectivity index (χ2n) is 7.58. The summed E-state index contributed by atoms with van der Waals surface area (Å²) in [5.74, 6) is 1.08. The van der Waals surface area contributed by atoms with Crippen molar-refractivity contribution in [2.45, 2.75) is 26.7 Å². The van der Waals surface area contributed by atoms with Gasteiger partial charge in [0.25, 0.3) is 5.91 Å². The van der Waals surface area contributed by atoms with Crippen molar-refractivity contribution in [1.29, 1.82) is 0 Å². The van der Waals surface area contributed by atoms with Gasteiger partial charge < -0.3 is 9.64 Å². The van der Waals surface area contributed by atoms with Gasteiger partial charge in [-0.1, -0.05) is 35.9 Å². The van der Waals surface area contributed by atoms with Gasteiger partial charge in [0.2, 0.25) is 5.88 Å². The molecule has 1 N–H and O–H groups in total. The molecular formula is C23H25N3O2. The molecule has 0 aliphatic carbocycles. The van der Waals surface area contributed by atoms with Crippen LogP contribution in [0.25, 0.3) is 11.3 Å². The number of hydrogen-bond donors (Lipinski definition) is 1. The van der Waals surface area contributed by atoms with Crippen molar-refractivity contribution in [3.05, 3.63) is 70.3 Å².